The first-order chi connectivity index (χ1) is 10.3. The molecule has 21 heavy (non-hydrogen) atoms. The monoisotopic (exact) mass is 303 g/mol. The van der Waals surface area contributed by atoms with Gasteiger partial charge in [-0.2, -0.15) is 0 Å². The summed E-state index contributed by atoms with van der Waals surface area (Å²) in [5.41, 5.74) is 1.31. The van der Waals surface area contributed by atoms with Gasteiger partial charge in [-0.05, 0) is 39.0 Å². The average molecular weight is 303 g/mol. The van der Waals surface area contributed by atoms with Crippen LogP contribution >= 0.6 is 11.3 Å². The number of nitrogens with zero attached hydrogens (tertiary/aromatic N) is 4. The van der Waals surface area contributed by atoms with E-state index in [1.165, 1.54) is 41.3 Å². The van der Waals surface area contributed by atoms with Crippen molar-refractivity contribution in [2.45, 2.75) is 64.6 Å². The van der Waals surface area contributed by atoms with Crippen LogP contribution in [0.25, 0.3) is 0 Å². The summed E-state index contributed by atoms with van der Waals surface area (Å²) in [5, 5.41) is 13.6. The maximum atomic E-state index is 4.66. The maximum absolute atomic E-state index is 4.66. The van der Waals surface area contributed by atoms with Crippen LogP contribution in [0.2, 0.25) is 0 Å². The highest BCUT2D eigenvalue weighted by Gasteiger charge is 2.24. The van der Waals surface area contributed by atoms with Gasteiger partial charge in [-0.15, -0.1) is 21.5 Å². The summed E-state index contributed by atoms with van der Waals surface area (Å²) in [6.45, 7) is 4.00. The van der Waals surface area contributed by atoms with Gasteiger partial charge in [-0.3, -0.25) is 0 Å². The van der Waals surface area contributed by atoms with E-state index in [0.717, 1.165) is 37.6 Å². The van der Waals surface area contributed by atoms with E-state index in [2.05, 4.69) is 32.0 Å². The number of thiazole rings is 1. The lowest BCUT2D eigenvalue weighted by Gasteiger charge is -2.23. The number of hydrogen-bond donors (Lipinski definition) is 1. The van der Waals surface area contributed by atoms with E-state index in [0.29, 0.717) is 6.04 Å². The molecule has 0 saturated heterocycles. The highest BCUT2D eigenvalue weighted by atomic mass is 32.1. The van der Waals surface area contributed by atoms with E-state index >= 15 is 0 Å². The standard InChI is InChI=1S/C15H21N5S/c1-10-17-12-6-4-5-11(15(12)21-10)16-9-14-19-18-13-7-2-3-8-20(13)14/h11,16H,2-9H2,1H3/t11-/m1/s1. The Balaban J connectivity index is 1.49. The number of aromatic nitrogens is 4. The fourth-order valence-corrected chi connectivity index (χ4v) is 4.53. The maximum Gasteiger partial charge on any atom is 0.147 e. The van der Waals surface area contributed by atoms with Crippen molar-refractivity contribution in [2.75, 3.05) is 0 Å². The largest absolute Gasteiger partial charge is 0.314 e. The Bertz CT molecular complexity index is 645. The summed E-state index contributed by atoms with van der Waals surface area (Å²) in [4.78, 5) is 6.10. The lowest BCUT2D eigenvalue weighted by molar-refractivity contribution is 0.439. The molecule has 1 aliphatic carbocycles. The van der Waals surface area contributed by atoms with Crippen molar-refractivity contribution >= 4 is 11.3 Å². The van der Waals surface area contributed by atoms with E-state index in [1.54, 1.807) is 0 Å². The molecule has 1 N–H and O–H groups in total. The zero-order chi connectivity index (χ0) is 14.2. The van der Waals surface area contributed by atoms with E-state index in [-0.39, 0.29) is 0 Å². The van der Waals surface area contributed by atoms with E-state index in [9.17, 15) is 0 Å². The molecular formula is C15H21N5S. The van der Waals surface area contributed by atoms with Crippen LogP contribution in [0, 0.1) is 6.92 Å². The molecule has 0 aromatic carbocycles. The number of aryl methyl sites for hydroxylation is 3. The van der Waals surface area contributed by atoms with Crippen LogP contribution in [-0.2, 0) is 25.9 Å². The SMILES string of the molecule is Cc1nc2c(s1)[C@H](NCc1nnc3n1CCCC3)CCC2. The molecule has 0 radical (unpaired) electrons. The molecule has 2 aromatic heterocycles. The second kappa shape index (κ2) is 5.50. The first-order valence-corrected chi connectivity index (χ1v) is 8.73. The third-order valence-corrected chi connectivity index (χ3v) is 5.63. The highest BCUT2D eigenvalue weighted by Crippen LogP contribution is 2.34. The predicted octanol–water partition coefficient (Wildman–Crippen LogP) is 2.55. The van der Waals surface area contributed by atoms with Crippen molar-refractivity contribution in [1.29, 1.82) is 0 Å². The second-order valence-electron chi connectivity index (χ2n) is 6.01. The van der Waals surface area contributed by atoms with Gasteiger partial charge in [0.1, 0.15) is 11.6 Å². The van der Waals surface area contributed by atoms with Crippen LogP contribution in [0.15, 0.2) is 0 Å². The lowest BCUT2D eigenvalue weighted by Crippen LogP contribution is -2.26. The Hall–Kier alpha value is -1.27. The normalized spacial score (nSPS) is 21.1. The molecule has 0 unspecified atom stereocenters. The molecular weight excluding hydrogens is 282 g/mol. The molecule has 0 bridgehead atoms. The second-order valence-corrected chi connectivity index (χ2v) is 7.25. The van der Waals surface area contributed by atoms with Crippen molar-refractivity contribution < 1.29 is 0 Å². The van der Waals surface area contributed by atoms with Gasteiger partial charge in [0.25, 0.3) is 0 Å². The summed E-state index contributed by atoms with van der Waals surface area (Å²) in [6, 6.07) is 0.441. The molecule has 4 rings (SSSR count). The van der Waals surface area contributed by atoms with Crippen LogP contribution in [0.3, 0.4) is 0 Å². The molecule has 1 aliphatic heterocycles. The van der Waals surface area contributed by atoms with Crippen LogP contribution in [0.4, 0.5) is 0 Å². The number of fused-ring (bicyclic) bond motifs is 2. The Morgan fingerprint density at radius 2 is 2.19 bits per heavy atom. The third kappa shape index (κ3) is 2.51. The van der Waals surface area contributed by atoms with Gasteiger partial charge in [0.15, 0.2) is 0 Å². The average Bonchev–Trinajstić information content (AvgIpc) is 3.07. The van der Waals surface area contributed by atoms with Crippen molar-refractivity contribution in [3.63, 3.8) is 0 Å². The number of hydrogen-bond acceptors (Lipinski definition) is 5. The van der Waals surface area contributed by atoms with Gasteiger partial charge in [0.05, 0.1) is 17.2 Å². The van der Waals surface area contributed by atoms with Crippen molar-refractivity contribution in [1.82, 2.24) is 25.1 Å². The van der Waals surface area contributed by atoms with E-state index in [4.69, 9.17) is 0 Å². The highest BCUT2D eigenvalue weighted by molar-refractivity contribution is 7.11. The van der Waals surface area contributed by atoms with Crippen LogP contribution in [0.5, 0.6) is 0 Å². The molecule has 6 heteroatoms. The molecule has 2 aliphatic rings. The molecule has 112 valence electrons. The predicted molar refractivity (Wildman–Crippen MR) is 82.3 cm³/mol. The molecule has 0 saturated carbocycles. The molecule has 1 atom stereocenters. The van der Waals surface area contributed by atoms with Gasteiger partial charge in [-0.1, -0.05) is 0 Å². The summed E-state index contributed by atoms with van der Waals surface area (Å²) in [6.07, 6.45) is 7.14. The third-order valence-electron chi connectivity index (χ3n) is 4.50. The zero-order valence-electron chi connectivity index (χ0n) is 12.4. The van der Waals surface area contributed by atoms with Crippen molar-refractivity contribution in [3.05, 3.63) is 27.2 Å². The molecule has 3 heterocycles. The summed E-state index contributed by atoms with van der Waals surface area (Å²) < 4.78 is 2.30. The van der Waals surface area contributed by atoms with Crippen LogP contribution < -0.4 is 5.32 Å². The summed E-state index contributed by atoms with van der Waals surface area (Å²) in [7, 11) is 0. The molecule has 2 aromatic rings. The van der Waals surface area contributed by atoms with Gasteiger partial charge < -0.3 is 9.88 Å². The minimum atomic E-state index is 0.441. The van der Waals surface area contributed by atoms with Crippen molar-refractivity contribution in [2.24, 2.45) is 0 Å². The minimum absolute atomic E-state index is 0.441. The Morgan fingerprint density at radius 3 is 3.14 bits per heavy atom. The molecule has 0 spiro atoms. The molecule has 0 fully saturated rings. The van der Waals surface area contributed by atoms with Crippen molar-refractivity contribution in [3.8, 4) is 0 Å². The van der Waals surface area contributed by atoms with Gasteiger partial charge >= 0.3 is 0 Å². The number of rotatable bonds is 3. The zero-order valence-corrected chi connectivity index (χ0v) is 13.2. The van der Waals surface area contributed by atoms with Crippen LogP contribution in [-0.4, -0.2) is 19.7 Å². The van der Waals surface area contributed by atoms with E-state index in [1.807, 2.05) is 11.3 Å². The van der Waals surface area contributed by atoms with E-state index < -0.39 is 0 Å². The first-order valence-electron chi connectivity index (χ1n) is 7.92. The smallest absolute Gasteiger partial charge is 0.147 e. The van der Waals surface area contributed by atoms with Gasteiger partial charge in [0.2, 0.25) is 0 Å². The number of nitrogens with one attached hydrogen (secondary N) is 1. The summed E-state index contributed by atoms with van der Waals surface area (Å²) >= 11 is 1.85. The quantitative estimate of drug-likeness (QED) is 0.947. The first kappa shape index (κ1) is 13.4. The Kier molecular flexibility index (Phi) is 3.51. The van der Waals surface area contributed by atoms with Gasteiger partial charge in [-0.25, -0.2) is 4.98 Å². The molecule has 5 nitrogen and oxygen atoms in total. The van der Waals surface area contributed by atoms with Crippen LogP contribution in [0.1, 0.15) is 59.0 Å². The fraction of sp³-hybridized carbons (Fsp3) is 0.667. The topological polar surface area (TPSA) is 55.6 Å². The summed E-state index contributed by atoms with van der Waals surface area (Å²) in [5.74, 6) is 2.26. The van der Waals surface area contributed by atoms with Gasteiger partial charge in [0, 0.05) is 23.9 Å². The molecule has 0 amide bonds. The Labute approximate surface area is 128 Å². The lowest BCUT2D eigenvalue weighted by atomic mass is 9.98. The minimum Gasteiger partial charge on any atom is -0.314 e. The fourth-order valence-electron chi connectivity index (χ4n) is 3.45. The Morgan fingerprint density at radius 1 is 1.24 bits per heavy atom.